The predicted octanol–water partition coefficient (Wildman–Crippen LogP) is 5.05. The van der Waals surface area contributed by atoms with Gasteiger partial charge in [-0.2, -0.15) is 0 Å². The molecule has 2 N–H and O–H groups in total. The van der Waals surface area contributed by atoms with Crippen LogP contribution in [0.3, 0.4) is 0 Å². The first-order valence-electron chi connectivity index (χ1n) is 11.5. The van der Waals surface area contributed by atoms with E-state index in [4.69, 9.17) is 4.74 Å². The topological polar surface area (TPSA) is 50.4 Å². The molecule has 166 valence electrons. The summed E-state index contributed by atoms with van der Waals surface area (Å²) in [7, 11) is 1.85. The Hall–Kier alpha value is -3.11. The van der Waals surface area contributed by atoms with Crippen LogP contribution in [0.25, 0.3) is 0 Å². The molecule has 0 aromatic heterocycles. The minimum atomic E-state index is -0.280. The summed E-state index contributed by atoms with van der Waals surface area (Å²) in [5.41, 5.74) is 3.44. The maximum absolute atomic E-state index is 13.1. The Bertz CT molecular complexity index is 969. The van der Waals surface area contributed by atoms with Crippen molar-refractivity contribution in [2.75, 3.05) is 7.05 Å². The van der Waals surface area contributed by atoms with Gasteiger partial charge < -0.3 is 15.4 Å². The van der Waals surface area contributed by atoms with Gasteiger partial charge in [-0.15, -0.1) is 0 Å². The van der Waals surface area contributed by atoms with E-state index in [0.717, 1.165) is 16.9 Å². The molecule has 32 heavy (non-hydrogen) atoms. The third kappa shape index (κ3) is 5.77. The summed E-state index contributed by atoms with van der Waals surface area (Å²) in [4.78, 5) is 13.1. The Balaban J connectivity index is 1.35. The van der Waals surface area contributed by atoms with E-state index >= 15 is 0 Å². The Labute approximate surface area is 191 Å². The number of hydrogen-bond acceptors (Lipinski definition) is 3. The average Bonchev–Trinajstić information content (AvgIpc) is 2.81. The van der Waals surface area contributed by atoms with Crippen LogP contribution in [-0.2, 0) is 17.8 Å². The lowest BCUT2D eigenvalue weighted by molar-refractivity contribution is -0.124. The highest BCUT2D eigenvalue weighted by Gasteiger charge is 2.31. The maximum Gasteiger partial charge on any atom is 0.237 e. The van der Waals surface area contributed by atoms with Gasteiger partial charge in [-0.1, -0.05) is 79.2 Å². The van der Waals surface area contributed by atoms with Crippen LogP contribution in [-0.4, -0.2) is 19.0 Å². The molecule has 4 heteroatoms. The van der Waals surface area contributed by atoms with Crippen molar-refractivity contribution in [3.8, 4) is 5.75 Å². The molecule has 0 saturated heterocycles. The van der Waals surface area contributed by atoms with E-state index in [9.17, 15) is 4.79 Å². The highest BCUT2D eigenvalue weighted by molar-refractivity contribution is 5.82. The zero-order chi connectivity index (χ0) is 22.2. The standard InChI is InChI=1S/C28H32N2O2/c1-29-26(28(31)30-27(24-13-8-14-24)23-11-6-3-7-12-23)19-21-15-17-25(18-16-21)32-20-22-9-4-2-5-10-22/h2-7,9-12,15-18,24,26-27,29H,8,13-14,19-20H2,1H3,(H,30,31)/t26-,27?/m0/s1. The summed E-state index contributed by atoms with van der Waals surface area (Å²) < 4.78 is 5.88. The van der Waals surface area contributed by atoms with Crippen LogP contribution < -0.4 is 15.4 Å². The fourth-order valence-electron chi connectivity index (χ4n) is 4.18. The second-order valence-corrected chi connectivity index (χ2v) is 8.55. The van der Waals surface area contributed by atoms with E-state index < -0.39 is 0 Å². The SMILES string of the molecule is CN[C@@H](Cc1ccc(OCc2ccccc2)cc1)C(=O)NC(c1ccccc1)C1CCC1. The molecule has 3 aromatic rings. The summed E-state index contributed by atoms with van der Waals surface area (Å²) >= 11 is 0. The van der Waals surface area contributed by atoms with Crippen LogP contribution in [0.15, 0.2) is 84.9 Å². The van der Waals surface area contributed by atoms with Crippen LogP contribution in [0.1, 0.15) is 42.0 Å². The molecule has 1 saturated carbocycles. The van der Waals surface area contributed by atoms with Crippen molar-refractivity contribution < 1.29 is 9.53 Å². The van der Waals surface area contributed by atoms with Gasteiger partial charge >= 0.3 is 0 Å². The van der Waals surface area contributed by atoms with Gasteiger partial charge in [0.1, 0.15) is 12.4 Å². The average molecular weight is 429 g/mol. The van der Waals surface area contributed by atoms with E-state index in [-0.39, 0.29) is 18.0 Å². The summed E-state index contributed by atoms with van der Waals surface area (Å²) in [6.45, 7) is 0.545. The summed E-state index contributed by atoms with van der Waals surface area (Å²) in [6, 6.07) is 28.3. The minimum absolute atomic E-state index is 0.0534. The number of hydrogen-bond donors (Lipinski definition) is 2. The van der Waals surface area contributed by atoms with Crippen molar-refractivity contribution in [3.63, 3.8) is 0 Å². The molecule has 0 radical (unpaired) electrons. The smallest absolute Gasteiger partial charge is 0.237 e. The number of carbonyl (C=O) groups excluding carboxylic acids is 1. The lowest BCUT2D eigenvalue weighted by Gasteiger charge is -2.35. The zero-order valence-corrected chi connectivity index (χ0v) is 18.7. The Morgan fingerprint density at radius 3 is 2.16 bits per heavy atom. The molecule has 1 aliphatic rings. The number of nitrogens with one attached hydrogen (secondary N) is 2. The zero-order valence-electron chi connectivity index (χ0n) is 18.7. The molecule has 4 nitrogen and oxygen atoms in total. The van der Waals surface area contributed by atoms with Gasteiger partial charge in [-0.25, -0.2) is 0 Å². The molecule has 1 unspecified atom stereocenters. The molecule has 2 atom stereocenters. The summed E-state index contributed by atoms with van der Waals surface area (Å²) in [5.74, 6) is 1.41. The molecule has 0 heterocycles. The fourth-order valence-corrected chi connectivity index (χ4v) is 4.18. The lowest BCUT2D eigenvalue weighted by Crippen LogP contribution is -2.47. The molecule has 3 aromatic carbocycles. The lowest BCUT2D eigenvalue weighted by atomic mass is 9.77. The van der Waals surface area contributed by atoms with Crippen LogP contribution in [0.4, 0.5) is 0 Å². The molecule has 4 rings (SSSR count). The van der Waals surface area contributed by atoms with Crippen molar-refractivity contribution in [1.29, 1.82) is 0 Å². The number of benzene rings is 3. The second-order valence-electron chi connectivity index (χ2n) is 8.55. The Kier molecular flexibility index (Phi) is 7.57. The molecule has 1 fully saturated rings. The normalized spacial score (nSPS) is 15.4. The number of carbonyl (C=O) groups is 1. The summed E-state index contributed by atoms with van der Waals surface area (Å²) in [5, 5.41) is 6.53. The van der Waals surface area contributed by atoms with Crippen molar-refractivity contribution in [3.05, 3.63) is 102 Å². The molecule has 0 bridgehead atoms. The highest BCUT2D eigenvalue weighted by Crippen LogP contribution is 2.37. The largest absolute Gasteiger partial charge is 0.489 e. The minimum Gasteiger partial charge on any atom is -0.489 e. The molecule has 0 spiro atoms. The fraction of sp³-hybridized carbons (Fsp3) is 0.321. The van der Waals surface area contributed by atoms with Crippen LogP contribution in [0.2, 0.25) is 0 Å². The van der Waals surface area contributed by atoms with E-state index in [2.05, 4.69) is 34.9 Å². The van der Waals surface area contributed by atoms with E-state index in [1.165, 1.54) is 24.8 Å². The second kappa shape index (κ2) is 11.0. The van der Waals surface area contributed by atoms with Crippen LogP contribution in [0, 0.1) is 5.92 Å². The quantitative estimate of drug-likeness (QED) is 0.475. The van der Waals surface area contributed by atoms with Gasteiger partial charge in [-0.05, 0) is 61.1 Å². The van der Waals surface area contributed by atoms with Crippen LogP contribution in [0.5, 0.6) is 5.75 Å². The first kappa shape index (κ1) is 22.1. The van der Waals surface area contributed by atoms with Gasteiger partial charge in [0.15, 0.2) is 0 Å². The van der Waals surface area contributed by atoms with Crippen LogP contribution >= 0.6 is 0 Å². The van der Waals surface area contributed by atoms with Gasteiger partial charge in [0, 0.05) is 0 Å². The van der Waals surface area contributed by atoms with Gasteiger partial charge in [0.25, 0.3) is 0 Å². The Morgan fingerprint density at radius 1 is 0.906 bits per heavy atom. The molecule has 1 amide bonds. The first-order valence-corrected chi connectivity index (χ1v) is 11.5. The monoisotopic (exact) mass is 428 g/mol. The number of likely N-dealkylation sites (N-methyl/N-ethyl adjacent to an activating group) is 1. The van der Waals surface area contributed by atoms with Gasteiger partial charge in [0.05, 0.1) is 12.1 Å². The van der Waals surface area contributed by atoms with E-state index in [0.29, 0.717) is 18.9 Å². The van der Waals surface area contributed by atoms with E-state index in [1.807, 2.05) is 67.7 Å². The number of amides is 1. The molecule has 0 aliphatic heterocycles. The maximum atomic E-state index is 13.1. The predicted molar refractivity (Wildman–Crippen MR) is 128 cm³/mol. The molecule has 1 aliphatic carbocycles. The summed E-state index contributed by atoms with van der Waals surface area (Å²) in [6.07, 6.45) is 4.23. The molecular weight excluding hydrogens is 396 g/mol. The number of ether oxygens (including phenoxy) is 1. The van der Waals surface area contributed by atoms with Crippen molar-refractivity contribution >= 4 is 5.91 Å². The van der Waals surface area contributed by atoms with Gasteiger partial charge in [-0.3, -0.25) is 4.79 Å². The third-order valence-electron chi connectivity index (χ3n) is 6.35. The van der Waals surface area contributed by atoms with E-state index in [1.54, 1.807) is 0 Å². The van der Waals surface area contributed by atoms with Gasteiger partial charge in [0.2, 0.25) is 5.91 Å². The molecular formula is C28H32N2O2. The van der Waals surface area contributed by atoms with Crippen molar-refractivity contribution in [1.82, 2.24) is 10.6 Å². The third-order valence-corrected chi connectivity index (χ3v) is 6.35. The number of rotatable bonds is 10. The van der Waals surface area contributed by atoms with Crippen molar-refractivity contribution in [2.45, 2.75) is 44.4 Å². The van der Waals surface area contributed by atoms with Crippen molar-refractivity contribution in [2.24, 2.45) is 5.92 Å². The Morgan fingerprint density at radius 2 is 1.56 bits per heavy atom. The first-order chi connectivity index (χ1) is 15.7. The highest BCUT2D eigenvalue weighted by atomic mass is 16.5.